The summed E-state index contributed by atoms with van der Waals surface area (Å²) in [6.07, 6.45) is 5.67. The number of likely N-dealkylation sites (tertiary alicyclic amines) is 1. The zero-order valence-corrected chi connectivity index (χ0v) is 21.5. The van der Waals surface area contributed by atoms with Crippen molar-refractivity contribution < 1.29 is 19.1 Å². The lowest BCUT2D eigenvalue weighted by Crippen LogP contribution is -2.46. The van der Waals surface area contributed by atoms with Crippen LogP contribution in [-0.2, 0) is 20.9 Å². The number of benzene rings is 2. The van der Waals surface area contributed by atoms with Crippen LogP contribution >= 0.6 is 0 Å². The molecule has 0 radical (unpaired) electrons. The number of hydrogen-bond donors (Lipinski definition) is 0. The Kier molecular flexibility index (Phi) is 7.99. The molecule has 2 fully saturated rings. The Morgan fingerprint density at radius 1 is 1.03 bits per heavy atom. The minimum atomic E-state index is -0.520. The van der Waals surface area contributed by atoms with E-state index < -0.39 is 12.3 Å². The summed E-state index contributed by atoms with van der Waals surface area (Å²) >= 11 is 0. The number of carbonyl (C=O) groups is 2. The average molecular weight is 502 g/mol. The van der Waals surface area contributed by atoms with Crippen molar-refractivity contribution in [2.45, 2.75) is 64.3 Å². The van der Waals surface area contributed by atoms with Crippen molar-refractivity contribution in [3.8, 4) is 0 Å². The normalized spacial score (nSPS) is 21.5. The van der Waals surface area contributed by atoms with Gasteiger partial charge in [-0.3, -0.25) is 14.7 Å². The third kappa shape index (κ3) is 6.10. The van der Waals surface area contributed by atoms with Crippen molar-refractivity contribution in [3.05, 3.63) is 77.5 Å². The lowest BCUT2D eigenvalue weighted by molar-refractivity contribution is -0.133. The van der Waals surface area contributed by atoms with Crippen molar-refractivity contribution >= 4 is 23.3 Å². The van der Waals surface area contributed by atoms with Crippen LogP contribution in [0, 0.1) is 6.92 Å². The van der Waals surface area contributed by atoms with Crippen LogP contribution in [0.15, 0.2) is 65.8 Å². The molecular weight excluding hydrogens is 466 g/mol. The number of amides is 2. The van der Waals surface area contributed by atoms with Crippen LogP contribution in [0.1, 0.15) is 55.2 Å². The van der Waals surface area contributed by atoms with Gasteiger partial charge in [-0.05, 0) is 42.9 Å². The molecule has 7 heteroatoms. The molecule has 2 amide bonds. The standard InChI is InChI=1S/C30H35N3O4/c1-22-10-12-24(13-11-22)25-18-26(31-19-25)27-21-36-29(15-14-28(34)32-16-6-3-7-17-32)33(27)30(35)37-20-23-8-4-2-5-9-23/h2,4-5,8-13,19,27,29H,3,6-7,14-18,20-21H2,1H3/t27-,29?/m0/s1. The first-order chi connectivity index (χ1) is 18.1. The maximum absolute atomic E-state index is 13.4. The van der Waals surface area contributed by atoms with Crippen LogP contribution in [0.2, 0.25) is 0 Å². The summed E-state index contributed by atoms with van der Waals surface area (Å²) in [6, 6.07) is 17.7. The zero-order chi connectivity index (χ0) is 25.6. The molecule has 0 bridgehead atoms. The summed E-state index contributed by atoms with van der Waals surface area (Å²) in [5.74, 6) is 0.130. The van der Waals surface area contributed by atoms with E-state index in [9.17, 15) is 9.59 Å². The van der Waals surface area contributed by atoms with Gasteiger partial charge in [-0.25, -0.2) is 4.79 Å². The van der Waals surface area contributed by atoms with Crippen molar-refractivity contribution in [3.63, 3.8) is 0 Å². The summed E-state index contributed by atoms with van der Waals surface area (Å²) in [5.41, 5.74) is 5.27. The van der Waals surface area contributed by atoms with Gasteiger partial charge in [-0.2, -0.15) is 0 Å². The van der Waals surface area contributed by atoms with Gasteiger partial charge in [0.25, 0.3) is 0 Å². The van der Waals surface area contributed by atoms with Crippen LogP contribution < -0.4 is 0 Å². The number of rotatable bonds is 7. The lowest BCUT2D eigenvalue weighted by atomic mass is 9.99. The van der Waals surface area contributed by atoms with Crippen LogP contribution in [-0.4, -0.2) is 59.5 Å². The van der Waals surface area contributed by atoms with Gasteiger partial charge in [0.2, 0.25) is 5.91 Å². The Labute approximate surface area is 218 Å². The first-order valence-electron chi connectivity index (χ1n) is 13.3. The number of hydrogen-bond acceptors (Lipinski definition) is 5. The molecule has 2 atom stereocenters. The van der Waals surface area contributed by atoms with E-state index in [0.29, 0.717) is 25.9 Å². The average Bonchev–Trinajstić information content (AvgIpc) is 3.59. The Hall–Kier alpha value is -3.45. The first kappa shape index (κ1) is 25.2. The summed E-state index contributed by atoms with van der Waals surface area (Å²) in [6.45, 7) is 4.23. The molecule has 7 nitrogen and oxygen atoms in total. The molecule has 2 aromatic carbocycles. The van der Waals surface area contributed by atoms with E-state index in [1.54, 1.807) is 4.90 Å². The minimum Gasteiger partial charge on any atom is -0.444 e. The quantitative estimate of drug-likeness (QED) is 0.514. The Morgan fingerprint density at radius 2 is 1.78 bits per heavy atom. The van der Waals surface area contributed by atoms with E-state index in [1.165, 1.54) is 12.0 Å². The fourth-order valence-corrected chi connectivity index (χ4v) is 5.23. The summed E-state index contributed by atoms with van der Waals surface area (Å²) in [4.78, 5) is 34.5. The van der Waals surface area contributed by atoms with E-state index in [0.717, 1.165) is 48.3 Å². The van der Waals surface area contributed by atoms with Gasteiger partial charge in [0.1, 0.15) is 12.8 Å². The number of aliphatic imine (C=N–C) groups is 1. The van der Waals surface area contributed by atoms with Gasteiger partial charge in [-0.15, -0.1) is 0 Å². The smallest absolute Gasteiger partial charge is 0.412 e. The molecule has 0 aliphatic carbocycles. The van der Waals surface area contributed by atoms with Crippen LogP contribution in [0.25, 0.3) is 5.57 Å². The highest BCUT2D eigenvalue weighted by atomic mass is 16.6. The highest BCUT2D eigenvalue weighted by molar-refractivity contribution is 6.03. The highest BCUT2D eigenvalue weighted by Crippen LogP contribution is 2.31. The van der Waals surface area contributed by atoms with Crippen LogP contribution in [0.4, 0.5) is 4.79 Å². The second-order valence-corrected chi connectivity index (χ2v) is 10.0. The number of allylic oxidation sites excluding steroid dienone is 1. The Morgan fingerprint density at radius 3 is 2.54 bits per heavy atom. The molecule has 3 aliphatic heterocycles. The summed E-state index contributed by atoms with van der Waals surface area (Å²) < 4.78 is 11.8. The SMILES string of the molecule is Cc1ccc(C2=CN=C([C@@H]3COC(CCC(=O)N4CCCCC4)N3C(=O)OCc3ccccc3)C2)cc1. The minimum absolute atomic E-state index is 0.130. The Balaban J connectivity index is 1.26. The maximum Gasteiger partial charge on any atom is 0.412 e. The van der Waals surface area contributed by atoms with Gasteiger partial charge in [0, 0.05) is 44.3 Å². The zero-order valence-electron chi connectivity index (χ0n) is 21.5. The lowest BCUT2D eigenvalue weighted by Gasteiger charge is -2.29. The number of piperidine rings is 1. The molecule has 0 spiro atoms. The molecule has 1 unspecified atom stereocenters. The second-order valence-electron chi connectivity index (χ2n) is 10.0. The van der Waals surface area contributed by atoms with E-state index in [1.807, 2.05) is 41.4 Å². The van der Waals surface area contributed by atoms with Crippen molar-refractivity contribution in [2.75, 3.05) is 19.7 Å². The molecule has 0 saturated carbocycles. The van der Waals surface area contributed by atoms with E-state index in [4.69, 9.17) is 14.5 Å². The van der Waals surface area contributed by atoms with Crippen LogP contribution in [0.3, 0.4) is 0 Å². The molecule has 0 N–H and O–H groups in total. The second kappa shape index (κ2) is 11.7. The van der Waals surface area contributed by atoms with Gasteiger partial charge in [0.15, 0.2) is 0 Å². The molecule has 37 heavy (non-hydrogen) atoms. The predicted molar refractivity (Wildman–Crippen MR) is 143 cm³/mol. The fourth-order valence-electron chi connectivity index (χ4n) is 5.23. The number of carbonyl (C=O) groups excluding carboxylic acids is 2. The first-order valence-corrected chi connectivity index (χ1v) is 13.3. The van der Waals surface area contributed by atoms with Gasteiger partial charge < -0.3 is 14.4 Å². The van der Waals surface area contributed by atoms with Gasteiger partial charge >= 0.3 is 6.09 Å². The molecule has 3 heterocycles. The van der Waals surface area contributed by atoms with E-state index in [2.05, 4.69) is 31.2 Å². The predicted octanol–water partition coefficient (Wildman–Crippen LogP) is 5.34. The largest absolute Gasteiger partial charge is 0.444 e. The van der Waals surface area contributed by atoms with Crippen molar-refractivity contribution in [1.82, 2.24) is 9.80 Å². The molecular formula is C30H35N3O4. The number of nitrogens with zero attached hydrogens (tertiary/aromatic N) is 3. The monoisotopic (exact) mass is 501 g/mol. The third-order valence-corrected chi connectivity index (χ3v) is 7.39. The van der Waals surface area contributed by atoms with Crippen LogP contribution in [0.5, 0.6) is 0 Å². The van der Waals surface area contributed by atoms with Crippen molar-refractivity contribution in [1.29, 1.82) is 0 Å². The molecule has 2 saturated heterocycles. The molecule has 3 aliphatic rings. The number of ether oxygens (including phenoxy) is 2. The molecule has 194 valence electrons. The number of aryl methyl sites for hydroxylation is 1. The summed E-state index contributed by atoms with van der Waals surface area (Å²) in [5, 5.41) is 0. The third-order valence-electron chi connectivity index (χ3n) is 7.39. The maximum atomic E-state index is 13.4. The topological polar surface area (TPSA) is 71.4 Å². The Bertz CT molecular complexity index is 1150. The van der Waals surface area contributed by atoms with Crippen molar-refractivity contribution in [2.24, 2.45) is 4.99 Å². The van der Waals surface area contributed by atoms with E-state index in [-0.39, 0.29) is 18.6 Å². The molecule has 2 aromatic rings. The molecule has 5 rings (SSSR count). The molecule has 0 aromatic heterocycles. The fraction of sp³-hybridized carbons (Fsp3) is 0.433. The van der Waals surface area contributed by atoms with Gasteiger partial charge in [-0.1, -0.05) is 60.2 Å². The van der Waals surface area contributed by atoms with E-state index >= 15 is 0 Å². The summed E-state index contributed by atoms with van der Waals surface area (Å²) in [7, 11) is 0. The highest BCUT2D eigenvalue weighted by Gasteiger charge is 2.42. The van der Waals surface area contributed by atoms with Gasteiger partial charge in [0.05, 0.1) is 12.6 Å².